The third kappa shape index (κ3) is 10.3. The van der Waals surface area contributed by atoms with E-state index < -0.39 is 0 Å². The second-order valence-electron chi connectivity index (χ2n) is 6.59. The highest BCUT2D eigenvalue weighted by atomic mass is 16.5. The minimum absolute atomic E-state index is 0.130. The Morgan fingerprint density at radius 3 is 2.48 bits per heavy atom. The molecule has 0 bridgehead atoms. The molecule has 142 valence electrons. The fourth-order valence-electron chi connectivity index (χ4n) is 2.99. The summed E-state index contributed by atoms with van der Waals surface area (Å²) < 4.78 is 10.3. The van der Waals surface area contributed by atoms with Crippen LogP contribution in [0, 0.1) is 0 Å². The molecule has 1 unspecified atom stereocenters. The van der Waals surface area contributed by atoms with Crippen LogP contribution in [0.1, 0.15) is 69.8 Å². The molecule has 0 aliphatic heterocycles. The van der Waals surface area contributed by atoms with Crippen LogP contribution in [0.15, 0.2) is 30.3 Å². The number of carbonyl (C=O) groups excluding carboxylic acids is 1. The van der Waals surface area contributed by atoms with Gasteiger partial charge < -0.3 is 14.6 Å². The van der Waals surface area contributed by atoms with Crippen LogP contribution in [0.4, 0.5) is 0 Å². The molecule has 25 heavy (non-hydrogen) atoms. The Labute approximate surface area is 152 Å². The van der Waals surface area contributed by atoms with Gasteiger partial charge in [-0.05, 0) is 43.6 Å². The Hall–Kier alpha value is -1.39. The first-order valence-electron chi connectivity index (χ1n) is 9.55. The fourth-order valence-corrected chi connectivity index (χ4v) is 2.99. The minimum Gasteiger partial charge on any atom is -0.466 e. The second-order valence-corrected chi connectivity index (χ2v) is 6.59. The number of aliphatic hydroxyl groups is 1. The van der Waals surface area contributed by atoms with E-state index in [9.17, 15) is 9.90 Å². The number of hydrogen-bond donors (Lipinski definition) is 1. The molecule has 0 saturated heterocycles. The van der Waals surface area contributed by atoms with Gasteiger partial charge >= 0.3 is 5.97 Å². The largest absolute Gasteiger partial charge is 0.466 e. The second kappa shape index (κ2) is 13.9. The van der Waals surface area contributed by atoms with E-state index in [1.165, 1.54) is 5.56 Å². The van der Waals surface area contributed by atoms with Crippen molar-refractivity contribution in [1.82, 2.24) is 0 Å². The molecule has 0 spiro atoms. The standard InChI is InChI=1S/C21H34O4/c1-3-9-18(19-10-5-4-6-11-19)14-17-25-21(23)13-8-7-12-20(22)15-16-24-2/h4-6,10-11,18,20,22H,3,7-9,12-17H2,1-2H3/t18?,20-/m0/s1. The number of rotatable bonds is 14. The lowest BCUT2D eigenvalue weighted by molar-refractivity contribution is -0.144. The average Bonchev–Trinajstić information content (AvgIpc) is 2.63. The molecule has 0 heterocycles. The zero-order chi connectivity index (χ0) is 18.3. The van der Waals surface area contributed by atoms with Gasteiger partial charge in [0.1, 0.15) is 0 Å². The molecule has 0 aromatic heterocycles. The van der Waals surface area contributed by atoms with Crippen LogP contribution in [0.5, 0.6) is 0 Å². The molecule has 0 radical (unpaired) electrons. The van der Waals surface area contributed by atoms with Gasteiger partial charge in [0.05, 0.1) is 12.7 Å². The van der Waals surface area contributed by atoms with Crippen molar-refractivity contribution < 1.29 is 19.4 Å². The monoisotopic (exact) mass is 350 g/mol. The molecular weight excluding hydrogens is 316 g/mol. The van der Waals surface area contributed by atoms with Crippen LogP contribution in [0.2, 0.25) is 0 Å². The van der Waals surface area contributed by atoms with Crippen molar-refractivity contribution in [2.45, 2.75) is 70.3 Å². The summed E-state index contributed by atoms with van der Waals surface area (Å²) in [6.45, 7) is 3.24. The minimum atomic E-state index is -0.336. The van der Waals surface area contributed by atoms with Gasteiger partial charge in [0, 0.05) is 20.1 Å². The number of methoxy groups -OCH3 is 1. The highest BCUT2D eigenvalue weighted by molar-refractivity contribution is 5.69. The number of ether oxygens (including phenoxy) is 2. The maximum Gasteiger partial charge on any atom is 0.305 e. The van der Waals surface area contributed by atoms with E-state index in [-0.39, 0.29) is 12.1 Å². The summed E-state index contributed by atoms with van der Waals surface area (Å²) in [6.07, 6.45) is 6.17. The number of hydrogen-bond acceptors (Lipinski definition) is 4. The van der Waals surface area contributed by atoms with Gasteiger partial charge in [0.15, 0.2) is 0 Å². The van der Waals surface area contributed by atoms with E-state index in [2.05, 4.69) is 31.2 Å². The van der Waals surface area contributed by atoms with Crippen molar-refractivity contribution in [1.29, 1.82) is 0 Å². The maximum absolute atomic E-state index is 11.8. The average molecular weight is 350 g/mol. The van der Waals surface area contributed by atoms with E-state index in [0.29, 0.717) is 38.4 Å². The topological polar surface area (TPSA) is 55.8 Å². The summed E-state index contributed by atoms with van der Waals surface area (Å²) in [5.41, 5.74) is 1.32. The lowest BCUT2D eigenvalue weighted by Gasteiger charge is -2.16. The summed E-state index contributed by atoms with van der Waals surface area (Å²) in [7, 11) is 1.63. The fraction of sp³-hybridized carbons (Fsp3) is 0.667. The highest BCUT2D eigenvalue weighted by Gasteiger charge is 2.12. The normalized spacial score (nSPS) is 13.4. The Morgan fingerprint density at radius 1 is 1.04 bits per heavy atom. The molecule has 2 atom stereocenters. The van der Waals surface area contributed by atoms with Crippen LogP contribution < -0.4 is 0 Å². The van der Waals surface area contributed by atoms with Crippen LogP contribution in [-0.2, 0) is 14.3 Å². The third-order valence-electron chi connectivity index (χ3n) is 4.46. The van der Waals surface area contributed by atoms with E-state index in [1.54, 1.807) is 7.11 Å². The van der Waals surface area contributed by atoms with Crippen LogP contribution in [0.25, 0.3) is 0 Å². The molecule has 1 aromatic rings. The summed E-state index contributed by atoms with van der Waals surface area (Å²) in [6, 6.07) is 10.4. The summed E-state index contributed by atoms with van der Waals surface area (Å²) in [5.74, 6) is 0.324. The highest BCUT2D eigenvalue weighted by Crippen LogP contribution is 2.24. The molecule has 0 aliphatic rings. The van der Waals surface area contributed by atoms with E-state index in [4.69, 9.17) is 9.47 Å². The molecule has 4 nitrogen and oxygen atoms in total. The van der Waals surface area contributed by atoms with Crippen molar-refractivity contribution in [2.75, 3.05) is 20.3 Å². The molecule has 1 N–H and O–H groups in total. The molecule has 1 aromatic carbocycles. The van der Waals surface area contributed by atoms with Crippen molar-refractivity contribution >= 4 is 5.97 Å². The van der Waals surface area contributed by atoms with Gasteiger partial charge in [-0.2, -0.15) is 0 Å². The first kappa shape index (κ1) is 21.7. The molecule has 4 heteroatoms. The number of esters is 1. The Kier molecular flexibility index (Phi) is 12.0. The first-order valence-corrected chi connectivity index (χ1v) is 9.55. The molecule has 1 rings (SSSR count). The van der Waals surface area contributed by atoms with Gasteiger partial charge in [-0.15, -0.1) is 0 Å². The first-order chi connectivity index (χ1) is 12.2. The van der Waals surface area contributed by atoms with Crippen molar-refractivity contribution in [3.63, 3.8) is 0 Å². The van der Waals surface area contributed by atoms with Crippen molar-refractivity contribution in [2.24, 2.45) is 0 Å². The van der Waals surface area contributed by atoms with Crippen LogP contribution >= 0.6 is 0 Å². The van der Waals surface area contributed by atoms with Crippen molar-refractivity contribution in [3.05, 3.63) is 35.9 Å². The molecular formula is C21H34O4. The SMILES string of the molecule is CCCC(CCOC(=O)CCCC[C@H](O)CCOC)c1ccccc1. The van der Waals surface area contributed by atoms with Crippen LogP contribution in [-0.4, -0.2) is 37.5 Å². The Balaban J connectivity index is 2.16. The number of unbranched alkanes of at least 4 members (excludes halogenated alkanes) is 1. The Bertz CT molecular complexity index is 446. The Morgan fingerprint density at radius 2 is 1.80 bits per heavy atom. The zero-order valence-corrected chi connectivity index (χ0v) is 15.8. The van der Waals surface area contributed by atoms with E-state index in [1.807, 2.05) is 6.07 Å². The third-order valence-corrected chi connectivity index (χ3v) is 4.46. The summed E-state index contributed by atoms with van der Waals surface area (Å²) in [5, 5.41) is 9.71. The lowest BCUT2D eigenvalue weighted by Crippen LogP contribution is -2.11. The lowest BCUT2D eigenvalue weighted by atomic mass is 9.92. The maximum atomic E-state index is 11.8. The number of carbonyl (C=O) groups is 1. The molecule has 0 saturated carbocycles. The van der Waals surface area contributed by atoms with Gasteiger partial charge in [-0.3, -0.25) is 4.79 Å². The molecule has 0 fully saturated rings. The van der Waals surface area contributed by atoms with Gasteiger partial charge in [0.2, 0.25) is 0 Å². The zero-order valence-electron chi connectivity index (χ0n) is 15.8. The van der Waals surface area contributed by atoms with Crippen molar-refractivity contribution in [3.8, 4) is 0 Å². The quantitative estimate of drug-likeness (QED) is 0.397. The summed E-state index contributed by atoms with van der Waals surface area (Å²) >= 11 is 0. The van der Waals surface area contributed by atoms with E-state index >= 15 is 0 Å². The van der Waals surface area contributed by atoms with Gasteiger partial charge in [0.25, 0.3) is 0 Å². The van der Waals surface area contributed by atoms with Gasteiger partial charge in [-0.25, -0.2) is 0 Å². The smallest absolute Gasteiger partial charge is 0.305 e. The molecule has 0 aliphatic carbocycles. The number of aliphatic hydroxyl groups excluding tert-OH is 1. The molecule has 0 amide bonds. The van der Waals surface area contributed by atoms with Gasteiger partial charge in [-0.1, -0.05) is 50.1 Å². The number of benzene rings is 1. The van der Waals surface area contributed by atoms with E-state index in [0.717, 1.165) is 32.1 Å². The van der Waals surface area contributed by atoms with Crippen LogP contribution in [0.3, 0.4) is 0 Å². The predicted molar refractivity (Wildman–Crippen MR) is 101 cm³/mol. The predicted octanol–water partition coefficient (Wildman–Crippen LogP) is 4.46. The summed E-state index contributed by atoms with van der Waals surface area (Å²) in [4.78, 5) is 11.8.